The highest BCUT2D eigenvalue weighted by molar-refractivity contribution is 5.23. The Morgan fingerprint density at radius 2 is 1.76 bits per heavy atom. The maximum Gasteiger partial charge on any atom is -0.0100 e. The Morgan fingerprint density at radius 3 is 2.35 bits per heavy atom. The summed E-state index contributed by atoms with van der Waals surface area (Å²) in [6.45, 7) is 8.41. The standard InChI is InChI=1S/C17H26/c1-4-7-15(3)9-6-10-17-13-11-16(8-5-2)12-14-17/h5,11-15H,2,4,6-10H2,1,3H3. The van der Waals surface area contributed by atoms with Crippen LogP contribution >= 0.6 is 0 Å². The second-order valence-electron chi connectivity index (χ2n) is 5.10. The first kappa shape index (κ1) is 14.0. The molecule has 0 aliphatic carbocycles. The molecule has 0 aliphatic rings. The molecule has 0 aliphatic heterocycles. The van der Waals surface area contributed by atoms with Gasteiger partial charge in [0.05, 0.1) is 0 Å². The van der Waals surface area contributed by atoms with E-state index < -0.39 is 0 Å². The average molecular weight is 230 g/mol. The Labute approximate surface area is 107 Å². The van der Waals surface area contributed by atoms with Gasteiger partial charge in [0, 0.05) is 0 Å². The Kier molecular flexibility index (Phi) is 6.69. The maximum atomic E-state index is 3.76. The van der Waals surface area contributed by atoms with Crippen molar-refractivity contribution in [2.45, 2.75) is 52.4 Å². The quantitative estimate of drug-likeness (QED) is 0.540. The maximum absolute atomic E-state index is 3.76. The van der Waals surface area contributed by atoms with Crippen LogP contribution in [0.1, 0.15) is 50.7 Å². The third-order valence-electron chi connectivity index (χ3n) is 3.35. The van der Waals surface area contributed by atoms with Crippen molar-refractivity contribution in [3.8, 4) is 0 Å². The normalized spacial score (nSPS) is 12.4. The summed E-state index contributed by atoms with van der Waals surface area (Å²) in [7, 11) is 0. The van der Waals surface area contributed by atoms with Gasteiger partial charge in [0.15, 0.2) is 0 Å². The predicted molar refractivity (Wildman–Crippen MR) is 77.4 cm³/mol. The molecule has 0 spiro atoms. The summed E-state index contributed by atoms with van der Waals surface area (Å²) in [5.74, 6) is 0.889. The van der Waals surface area contributed by atoms with Gasteiger partial charge >= 0.3 is 0 Å². The molecule has 1 aromatic rings. The van der Waals surface area contributed by atoms with Gasteiger partial charge < -0.3 is 0 Å². The van der Waals surface area contributed by atoms with E-state index in [0.29, 0.717) is 0 Å². The van der Waals surface area contributed by atoms with Crippen molar-refractivity contribution in [3.05, 3.63) is 48.0 Å². The molecule has 0 saturated carbocycles. The fourth-order valence-corrected chi connectivity index (χ4v) is 2.30. The molecule has 0 N–H and O–H groups in total. The van der Waals surface area contributed by atoms with Gasteiger partial charge in [0.25, 0.3) is 0 Å². The monoisotopic (exact) mass is 230 g/mol. The lowest BCUT2D eigenvalue weighted by atomic mass is 9.97. The minimum Gasteiger partial charge on any atom is -0.103 e. The zero-order valence-corrected chi connectivity index (χ0v) is 11.4. The zero-order valence-electron chi connectivity index (χ0n) is 11.4. The molecule has 0 bridgehead atoms. The summed E-state index contributed by atoms with van der Waals surface area (Å²) in [5.41, 5.74) is 2.84. The largest absolute Gasteiger partial charge is 0.103 e. The van der Waals surface area contributed by atoms with Gasteiger partial charge in [0.1, 0.15) is 0 Å². The number of allylic oxidation sites excluding steroid dienone is 1. The highest BCUT2D eigenvalue weighted by Crippen LogP contribution is 2.15. The highest BCUT2D eigenvalue weighted by atomic mass is 14.1. The van der Waals surface area contributed by atoms with Crippen LogP contribution in [0.15, 0.2) is 36.9 Å². The van der Waals surface area contributed by atoms with Crippen LogP contribution in [0.3, 0.4) is 0 Å². The minimum absolute atomic E-state index is 0.889. The molecular weight excluding hydrogens is 204 g/mol. The Bertz CT molecular complexity index is 307. The predicted octanol–water partition coefficient (Wildman–Crippen LogP) is 5.17. The summed E-state index contributed by atoms with van der Waals surface area (Å²) in [6.07, 6.45) is 9.54. The summed E-state index contributed by atoms with van der Waals surface area (Å²) in [4.78, 5) is 0. The fraction of sp³-hybridized carbons (Fsp3) is 0.529. The first-order valence-corrected chi connectivity index (χ1v) is 6.95. The van der Waals surface area contributed by atoms with E-state index in [4.69, 9.17) is 0 Å². The second kappa shape index (κ2) is 8.11. The van der Waals surface area contributed by atoms with E-state index in [-0.39, 0.29) is 0 Å². The smallest absolute Gasteiger partial charge is 0.0100 e. The van der Waals surface area contributed by atoms with Crippen molar-refractivity contribution in [1.29, 1.82) is 0 Å². The van der Waals surface area contributed by atoms with E-state index in [1.807, 2.05) is 6.08 Å². The minimum atomic E-state index is 0.889. The first-order chi connectivity index (χ1) is 8.26. The van der Waals surface area contributed by atoms with E-state index in [9.17, 15) is 0 Å². The van der Waals surface area contributed by atoms with Crippen molar-refractivity contribution >= 4 is 0 Å². The van der Waals surface area contributed by atoms with Crippen LogP contribution in [-0.4, -0.2) is 0 Å². The molecule has 94 valence electrons. The molecule has 0 heteroatoms. The molecule has 1 aromatic carbocycles. The Hall–Kier alpha value is -1.04. The zero-order chi connectivity index (χ0) is 12.5. The summed E-state index contributed by atoms with van der Waals surface area (Å²) in [6, 6.07) is 8.99. The lowest BCUT2D eigenvalue weighted by Crippen LogP contribution is -1.95. The molecule has 1 atom stereocenters. The molecule has 1 unspecified atom stereocenters. The summed E-state index contributed by atoms with van der Waals surface area (Å²) < 4.78 is 0. The van der Waals surface area contributed by atoms with Gasteiger partial charge in [-0.2, -0.15) is 0 Å². The summed E-state index contributed by atoms with van der Waals surface area (Å²) >= 11 is 0. The molecular formula is C17H26. The van der Waals surface area contributed by atoms with Crippen molar-refractivity contribution in [1.82, 2.24) is 0 Å². The molecule has 0 aromatic heterocycles. The van der Waals surface area contributed by atoms with E-state index in [1.165, 1.54) is 43.2 Å². The first-order valence-electron chi connectivity index (χ1n) is 6.95. The third-order valence-corrected chi connectivity index (χ3v) is 3.35. The average Bonchev–Trinajstić information content (AvgIpc) is 2.32. The van der Waals surface area contributed by atoms with Crippen LogP contribution in [0.5, 0.6) is 0 Å². The number of aryl methyl sites for hydroxylation is 1. The van der Waals surface area contributed by atoms with Crippen LogP contribution in [0.2, 0.25) is 0 Å². The van der Waals surface area contributed by atoms with Crippen molar-refractivity contribution in [2.24, 2.45) is 5.92 Å². The van der Waals surface area contributed by atoms with Crippen LogP contribution in [0, 0.1) is 5.92 Å². The second-order valence-corrected chi connectivity index (χ2v) is 5.10. The molecule has 1 rings (SSSR count). The number of hydrogen-bond donors (Lipinski definition) is 0. The molecule has 0 radical (unpaired) electrons. The van der Waals surface area contributed by atoms with Gasteiger partial charge in [0.2, 0.25) is 0 Å². The molecule has 17 heavy (non-hydrogen) atoms. The van der Waals surface area contributed by atoms with Crippen LogP contribution in [-0.2, 0) is 12.8 Å². The number of rotatable bonds is 8. The number of benzene rings is 1. The Morgan fingerprint density at radius 1 is 1.12 bits per heavy atom. The highest BCUT2D eigenvalue weighted by Gasteiger charge is 2.01. The summed E-state index contributed by atoms with van der Waals surface area (Å²) in [5, 5.41) is 0. The molecule has 0 nitrogen and oxygen atoms in total. The van der Waals surface area contributed by atoms with Crippen molar-refractivity contribution in [2.75, 3.05) is 0 Å². The number of hydrogen-bond acceptors (Lipinski definition) is 0. The van der Waals surface area contributed by atoms with Crippen molar-refractivity contribution in [3.63, 3.8) is 0 Å². The van der Waals surface area contributed by atoms with Crippen LogP contribution in [0.25, 0.3) is 0 Å². The SMILES string of the molecule is C=CCc1ccc(CCCC(C)CCC)cc1. The lowest BCUT2D eigenvalue weighted by Gasteiger charge is -2.09. The van der Waals surface area contributed by atoms with E-state index >= 15 is 0 Å². The van der Waals surface area contributed by atoms with Crippen molar-refractivity contribution < 1.29 is 0 Å². The van der Waals surface area contributed by atoms with Gasteiger partial charge in [-0.15, -0.1) is 6.58 Å². The Balaban J connectivity index is 2.29. The lowest BCUT2D eigenvalue weighted by molar-refractivity contribution is 0.469. The van der Waals surface area contributed by atoms with E-state index in [2.05, 4.69) is 44.7 Å². The molecule has 0 heterocycles. The third kappa shape index (κ3) is 5.72. The van der Waals surface area contributed by atoms with E-state index in [0.717, 1.165) is 12.3 Å². The fourth-order valence-electron chi connectivity index (χ4n) is 2.30. The van der Waals surface area contributed by atoms with Gasteiger partial charge in [-0.25, -0.2) is 0 Å². The van der Waals surface area contributed by atoms with Gasteiger partial charge in [-0.05, 0) is 36.3 Å². The van der Waals surface area contributed by atoms with Crippen LogP contribution < -0.4 is 0 Å². The topological polar surface area (TPSA) is 0 Å². The molecule has 0 fully saturated rings. The molecule has 0 amide bonds. The van der Waals surface area contributed by atoms with Crippen LogP contribution in [0.4, 0.5) is 0 Å². The van der Waals surface area contributed by atoms with E-state index in [1.54, 1.807) is 0 Å². The molecule has 0 saturated heterocycles. The van der Waals surface area contributed by atoms with Gasteiger partial charge in [-0.3, -0.25) is 0 Å². The van der Waals surface area contributed by atoms with Gasteiger partial charge in [-0.1, -0.05) is 63.5 Å².